The molecule has 0 spiro atoms. The van der Waals surface area contributed by atoms with Crippen LogP contribution in [0.15, 0.2) is 11.6 Å². The zero-order valence-corrected chi connectivity index (χ0v) is 22.3. The number of aromatic nitrogens is 4. The van der Waals surface area contributed by atoms with Crippen LogP contribution in [-0.4, -0.2) is 55.1 Å². The molecule has 3 fully saturated rings. The van der Waals surface area contributed by atoms with Gasteiger partial charge in [0.25, 0.3) is 0 Å². The van der Waals surface area contributed by atoms with E-state index in [0.717, 1.165) is 42.5 Å². The minimum atomic E-state index is -2.63. The van der Waals surface area contributed by atoms with Gasteiger partial charge in [-0.2, -0.15) is 0 Å². The third-order valence-corrected chi connectivity index (χ3v) is 9.35. The Balaban J connectivity index is 1.22. The van der Waals surface area contributed by atoms with E-state index in [9.17, 15) is 13.6 Å². The Kier molecular flexibility index (Phi) is 7.45. The van der Waals surface area contributed by atoms with Gasteiger partial charge in [0.05, 0.1) is 6.04 Å². The van der Waals surface area contributed by atoms with Crippen molar-refractivity contribution in [2.24, 2.45) is 5.92 Å². The fourth-order valence-corrected chi connectivity index (χ4v) is 7.31. The van der Waals surface area contributed by atoms with Crippen LogP contribution in [-0.2, 0) is 4.79 Å². The van der Waals surface area contributed by atoms with E-state index in [-0.39, 0.29) is 43.6 Å². The van der Waals surface area contributed by atoms with E-state index in [1.807, 2.05) is 5.38 Å². The number of piperidine rings is 1. The summed E-state index contributed by atoms with van der Waals surface area (Å²) in [6.45, 7) is 7.31. The van der Waals surface area contributed by atoms with Gasteiger partial charge in [0, 0.05) is 60.9 Å². The van der Waals surface area contributed by atoms with Crippen molar-refractivity contribution in [2.75, 3.05) is 6.54 Å². The van der Waals surface area contributed by atoms with E-state index < -0.39 is 5.92 Å². The molecule has 2 aliphatic heterocycles. The third kappa shape index (κ3) is 5.35. The molecule has 4 atom stereocenters. The number of hydrogen-bond donors (Lipinski definition) is 1. The van der Waals surface area contributed by atoms with E-state index in [2.05, 4.69) is 50.7 Å². The number of aryl methyl sites for hydroxylation is 1. The van der Waals surface area contributed by atoms with Crippen LogP contribution in [0.25, 0.3) is 0 Å². The van der Waals surface area contributed by atoms with Gasteiger partial charge in [-0.15, -0.1) is 21.5 Å². The second kappa shape index (κ2) is 10.4. The summed E-state index contributed by atoms with van der Waals surface area (Å²) in [5.74, 6) is -0.628. The number of halogens is 2. The first-order valence-electron chi connectivity index (χ1n) is 13.5. The van der Waals surface area contributed by atoms with Gasteiger partial charge in [0.2, 0.25) is 11.8 Å². The SMILES string of the molecule is Cc1nnc(C(C)C)n1[C@@H]1C[C@H]2CC[C@@H](C1)N2CC[C@H](NC(=O)C1CCC(F)(F)CC1)c1nccs1. The first kappa shape index (κ1) is 25.7. The highest BCUT2D eigenvalue weighted by molar-refractivity contribution is 7.09. The van der Waals surface area contributed by atoms with Crippen molar-refractivity contribution in [1.82, 2.24) is 30.0 Å². The van der Waals surface area contributed by atoms with Crippen LogP contribution >= 0.6 is 11.3 Å². The number of alkyl halides is 2. The molecule has 5 rings (SSSR count). The van der Waals surface area contributed by atoms with Gasteiger partial charge in [0.1, 0.15) is 16.7 Å². The predicted molar refractivity (Wildman–Crippen MR) is 135 cm³/mol. The molecule has 1 N–H and O–H groups in total. The lowest BCUT2D eigenvalue weighted by Crippen LogP contribution is -2.45. The van der Waals surface area contributed by atoms with E-state index in [4.69, 9.17) is 0 Å². The number of hydrogen-bond acceptors (Lipinski definition) is 6. The van der Waals surface area contributed by atoms with Crippen LogP contribution in [0, 0.1) is 12.8 Å². The number of fused-ring (bicyclic) bond motifs is 2. The van der Waals surface area contributed by atoms with E-state index in [1.165, 1.54) is 12.8 Å². The number of nitrogens with zero attached hydrogens (tertiary/aromatic N) is 5. The van der Waals surface area contributed by atoms with Crippen molar-refractivity contribution in [3.05, 3.63) is 28.2 Å². The molecule has 198 valence electrons. The van der Waals surface area contributed by atoms with Gasteiger partial charge < -0.3 is 9.88 Å². The van der Waals surface area contributed by atoms with Crippen molar-refractivity contribution >= 4 is 17.2 Å². The largest absolute Gasteiger partial charge is 0.347 e. The minimum absolute atomic E-state index is 0.100. The number of thiazole rings is 1. The molecule has 36 heavy (non-hydrogen) atoms. The number of rotatable bonds is 8. The molecule has 0 unspecified atom stereocenters. The molecule has 7 nitrogen and oxygen atoms in total. The molecule has 10 heteroatoms. The Labute approximate surface area is 216 Å². The lowest BCUT2D eigenvalue weighted by Gasteiger charge is -2.40. The topological polar surface area (TPSA) is 75.9 Å². The lowest BCUT2D eigenvalue weighted by molar-refractivity contribution is -0.130. The predicted octanol–water partition coefficient (Wildman–Crippen LogP) is 5.41. The second-order valence-electron chi connectivity index (χ2n) is 11.2. The van der Waals surface area contributed by atoms with E-state index in [0.29, 0.717) is 24.0 Å². The van der Waals surface area contributed by atoms with Gasteiger partial charge in [-0.25, -0.2) is 13.8 Å². The molecule has 0 aromatic carbocycles. The number of carbonyl (C=O) groups excluding carboxylic acids is 1. The first-order chi connectivity index (χ1) is 17.2. The minimum Gasteiger partial charge on any atom is -0.347 e. The van der Waals surface area contributed by atoms with Crippen molar-refractivity contribution in [3.8, 4) is 0 Å². The van der Waals surface area contributed by atoms with Gasteiger partial charge >= 0.3 is 0 Å². The van der Waals surface area contributed by atoms with Crippen molar-refractivity contribution in [1.29, 1.82) is 0 Å². The summed E-state index contributed by atoms with van der Waals surface area (Å²) in [4.78, 5) is 20.1. The molecule has 1 saturated carbocycles. The molecule has 2 saturated heterocycles. The molecule has 1 amide bonds. The summed E-state index contributed by atoms with van der Waals surface area (Å²) in [5, 5.41) is 14.8. The average Bonchev–Trinajstić information content (AvgIpc) is 3.55. The van der Waals surface area contributed by atoms with Gasteiger partial charge in [-0.05, 0) is 51.9 Å². The monoisotopic (exact) mass is 520 g/mol. The number of nitrogens with one attached hydrogen (secondary N) is 1. The Bertz CT molecular complexity index is 1020. The fourth-order valence-electron chi connectivity index (χ4n) is 6.59. The van der Waals surface area contributed by atoms with Crippen molar-refractivity contribution in [2.45, 2.75) is 115 Å². The molecule has 3 aliphatic rings. The summed E-state index contributed by atoms with van der Waals surface area (Å²) in [6, 6.07) is 1.29. The average molecular weight is 521 g/mol. The van der Waals surface area contributed by atoms with Crippen LogP contribution in [0.5, 0.6) is 0 Å². The maximum Gasteiger partial charge on any atom is 0.248 e. The van der Waals surface area contributed by atoms with E-state index in [1.54, 1.807) is 17.5 Å². The van der Waals surface area contributed by atoms with Crippen LogP contribution in [0.1, 0.15) is 106 Å². The van der Waals surface area contributed by atoms with Crippen LogP contribution < -0.4 is 5.32 Å². The Morgan fingerprint density at radius 3 is 2.44 bits per heavy atom. The second-order valence-corrected chi connectivity index (χ2v) is 12.2. The standard InChI is InChI=1S/C26H38F2N6OS/c1-16(2)23-32-31-17(3)34(23)21-14-19-4-5-20(15-21)33(19)12-8-22(25-29-11-13-36-25)30-24(35)18-6-9-26(27,28)10-7-18/h11,13,16,18-22H,4-10,12,14-15H2,1-3H3,(H,30,35)/t19-,20+,21-,22-/m0/s1. The first-order valence-corrected chi connectivity index (χ1v) is 14.3. The zero-order valence-electron chi connectivity index (χ0n) is 21.5. The van der Waals surface area contributed by atoms with Crippen molar-refractivity contribution in [3.63, 3.8) is 0 Å². The lowest BCUT2D eigenvalue weighted by atomic mass is 9.86. The quantitative estimate of drug-likeness (QED) is 0.504. The molecule has 4 heterocycles. The molecular formula is C26H38F2N6OS. The van der Waals surface area contributed by atoms with E-state index >= 15 is 0 Å². The summed E-state index contributed by atoms with van der Waals surface area (Å²) >= 11 is 1.55. The normalized spacial score (nSPS) is 27.4. The molecule has 2 aromatic heterocycles. The van der Waals surface area contributed by atoms with Crippen LogP contribution in [0.3, 0.4) is 0 Å². The summed E-state index contributed by atoms with van der Waals surface area (Å²) in [5.41, 5.74) is 0. The molecular weight excluding hydrogens is 482 g/mol. The van der Waals surface area contributed by atoms with Crippen LogP contribution in [0.4, 0.5) is 8.78 Å². The highest BCUT2D eigenvalue weighted by Gasteiger charge is 2.43. The molecule has 2 aromatic rings. The molecule has 2 bridgehead atoms. The Morgan fingerprint density at radius 1 is 1.14 bits per heavy atom. The molecule has 1 aliphatic carbocycles. The smallest absolute Gasteiger partial charge is 0.248 e. The molecule has 0 radical (unpaired) electrons. The Morgan fingerprint density at radius 2 is 1.83 bits per heavy atom. The number of carbonyl (C=O) groups is 1. The summed E-state index contributed by atoms with van der Waals surface area (Å²) in [6.07, 6.45) is 7.24. The van der Waals surface area contributed by atoms with Gasteiger partial charge in [-0.1, -0.05) is 13.8 Å². The number of amides is 1. The summed E-state index contributed by atoms with van der Waals surface area (Å²) < 4.78 is 29.5. The zero-order chi connectivity index (χ0) is 25.4. The van der Waals surface area contributed by atoms with Crippen molar-refractivity contribution < 1.29 is 13.6 Å². The maximum absolute atomic E-state index is 13.6. The van der Waals surface area contributed by atoms with Crippen LogP contribution in [0.2, 0.25) is 0 Å². The maximum atomic E-state index is 13.6. The highest BCUT2D eigenvalue weighted by Crippen LogP contribution is 2.42. The van der Waals surface area contributed by atoms with Gasteiger partial charge in [0.15, 0.2) is 0 Å². The fraction of sp³-hybridized carbons (Fsp3) is 0.769. The van der Waals surface area contributed by atoms with Gasteiger partial charge in [-0.3, -0.25) is 9.69 Å². The Hall–Kier alpha value is -1.94. The highest BCUT2D eigenvalue weighted by atomic mass is 32.1. The third-order valence-electron chi connectivity index (χ3n) is 8.46. The summed E-state index contributed by atoms with van der Waals surface area (Å²) in [7, 11) is 0.